The molecule has 0 unspecified atom stereocenters. The molecule has 0 amide bonds. The van der Waals surface area contributed by atoms with Gasteiger partial charge in [-0.05, 0) is 12.5 Å². The fourth-order valence-electron chi connectivity index (χ4n) is 1.54. The van der Waals surface area contributed by atoms with Crippen LogP contribution in [0.1, 0.15) is 12.5 Å². The molecule has 0 saturated heterocycles. The third-order valence-electron chi connectivity index (χ3n) is 2.47. The van der Waals surface area contributed by atoms with Crippen LogP contribution in [-0.2, 0) is 10.5 Å². The fraction of sp³-hybridized carbons (Fsp3) is 0.200. The highest BCUT2D eigenvalue weighted by molar-refractivity contribution is 7.98. The number of thioether (sulfide) groups is 1. The van der Waals surface area contributed by atoms with Crippen molar-refractivity contribution in [3.05, 3.63) is 58.6 Å². The Kier molecular flexibility index (Phi) is 5.45. The molecule has 21 heavy (non-hydrogen) atoms. The van der Waals surface area contributed by atoms with E-state index in [1.165, 1.54) is 17.8 Å². The maximum Gasteiger partial charge on any atom is 0.513 e. The molecule has 0 aliphatic carbocycles. The minimum Gasteiger partial charge on any atom is -0.434 e. The van der Waals surface area contributed by atoms with Crippen LogP contribution in [0, 0.1) is 0 Å². The Morgan fingerprint density at radius 2 is 2.05 bits per heavy atom. The summed E-state index contributed by atoms with van der Waals surface area (Å²) in [5.41, 5.74) is 0.597. The number of rotatable bonds is 5. The Labute approximate surface area is 125 Å². The lowest BCUT2D eigenvalue weighted by atomic mass is 10.2. The molecular weight excluding hydrogens is 292 g/mol. The largest absolute Gasteiger partial charge is 0.513 e. The summed E-state index contributed by atoms with van der Waals surface area (Å²) in [6, 6.07) is 11.0. The molecule has 2 rings (SSSR count). The van der Waals surface area contributed by atoms with Crippen LogP contribution in [0.25, 0.3) is 0 Å². The topological polar surface area (TPSA) is 65.7 Å². The molecule has 0 fully saturated rings. The predicted octanol–water partition coefficient (Wildman–Crippen LogP) is 3.47. The summed E-state index contributed by atoms with van der Waals surface area (Å²) in [5.74, 6) is 0.817. The van der Waals surface area contributed by atoms with Crippen molar-refractivity contribution in [2.45, 2.75) is 17.6 Å². The Bertz CT molecular complexity index is 651. The van der Waals surface area contributed by atoms with Gasteiger partial charge in [0.25, 0.3) is 0 Å². The van der Waals surface area contributed by atoms with E-state index in [-0.39, 0.29) is 12.4 Å². The van der Waals surface area contributed by atoms with Crippen LogP contribution in [-0.4, -0.2) is 12.8 Å². The molecule has 0 radical (unpaired) electrons. The second kappa shape index (κ2) is 7.54. The third kappa shape index (κ3) is 4.68. The third-order valence-corrected chi connectivity index (χ3v) is 3.57. The van der Waals surface area contributed by atoms with Gasteiger partial charge in [0, 0.05) is 11.8 Å². The molecule has 1 heterocycles. The Morgan fingerprint density at radius 1 is 1.29 bits per heavy atom. The maximum atomic E-state index is 11.4. The second-order valence-corrected chi connectivity index (χ2v) is 5.00. The van der Waals surface area contributed by atoms with E-state index in [2.05, 4.69) is 0 Å². The van der Waals surface area contributed by atoms with Crippen molar-refractivity contribution in [1.82, 2.24) is 0 Å². The van der Waals surface area contributed by atoms with Gasteiger partial charge < -0.3 is 13.9 Å². The van der Waals surface area contributed by atoms with Gasteiger partial charge in [0.15, 0.2) is 5.75 Å². The molecular formula is C15H14O5S. The molecule has 0 spiro atoms. The molecule has 0 aliphatic rings. The number of carbonyl (C=O) groups excluding carboxylic acids is 1. The molecule has 1 aromatic heterocycles. The van der Waals surface area contributed by atoms with E-state index in [9.17, 15) is 9.59 Å². The highest BCUT2D eigenvalue weighted by Gasteiger charge is 2.12. The molecule has 5 nitrogen and oxygen atoms in total. The van der Waals surface area contributed by atoms with Crippen LogP contribution in [0.4, 0.5) is 4.79 Å². The van der Waals surface area contributed by atoms with E-state index in [1.54, 1.807) is 6.92 Å². The fourth-order valence-corrected chi connectivity index (χ4v) is 2.47. The molecule has 0 bridgehead atoms. The van der Waals surface area contributed by atoms with Crippen LogP contribution < -0.4 is 10.4 Å². The Morgan fingerprint density at radius 3 is 2.76 bits per heavy atom. The zero-order valence-corrected chi connectivity index (χ0v) is 12.2. The van der Waals surface area contributed by atoms with Gasteiger partial charge in [0.1, 0.15) is 6.26 Å². The highest BCUT2D eigenvalue weighted by Crippen LogP contribution is 2.30. The first kappa shape index (κ1) is 15.2. The van der Waals surface area contributed by atoms with Gasteiger partial charge in [-0.25, -0.2) is 9.59 Å². The predicted molar refractivity (Wildman–Crippen MR) is 78.6 cm³/mol. The van der Waals surface area contributed by atoms with Crippen LogP contribution in [0.3, 0.4) is 0 Å². The van der Waals surface area contributed by atoms with Gasteiger partial charge in [0.05, 0.1) is 11.5 Å². The summed E-state index contributed by atoms with van der Waals surface area (Å²) in [6.45, 7) is 1.89. The molecule has 0 aliphatic heterocycles. The highest BCUT2D eigenvalue weighted by atomic mass is 32.2. The van der Waals surface area contributed by atoms with Gasteiger partial charge in [-0.1, -0.05) is 30.3 Å². The molecule has 0 N–H and O–H groups in total. The molecule has 2 aromatic rings. The van der Waals surface area contributed by atoms with E-state index < -0.39 is 11.8 Å². The van der Waals surface area contributed by atoms with E-state index in [4.69, 9.17) is 13.9 Å². The summed E-state index contributed by atoms with van der Waals surface area (Å²) < 4.78 is 14.4. The smallest absolute Gasteiger partial charge is 0.434 e. The molecule has 0 atom stereocenters. The van der Waals surface area contributed by atoms with Crippen molar-refractivity contribution >= 4 is 17.9 Å². The van der Waals surface area contributed by atoms with Gasteiger partial charge in [-0.15, -0.1) is 11.8 Å². The minimum atomic E-state index is -0.826. The number of carbonyl (C=O) groups is 1. The van der Waals surface area contributed by atoms with Crippen LogP contribution in [0.2, 0.25) is 0 Å². The van der Waals surface area contributed by atoms with Crippen molar-refractivity contribution < 1.29 is 18.7 Å². The summed E-state index contributed by atoms with van der Waals surface area (Å²) >= 11 is 1.38. The molecule has 110 valence electrons. The van der Waals surface area contributed by atoms with Crippen LogP contribution >= 0.6 is 11.8 Å². The summed E-state index contributed by atoms with van der Waals surface area (Å²) in [4.78, 5) is 23.2. The van der Waals surface area contributed by atoms with Gasteiger partial charge in [-0.3, -0.25) is 0 Å². The average Bonchev–Trinajstić information content (AvgIpc) is 2.49. The number of ether oxygens (including phenoxy) is 2. The number of benzene rings is 1. The Hall–Kier alpha value is -2.21. The van der Waals surface area contributed by atoms with E-state index in [1.807, 2.05) is 30.3 Å². The van der Waals surface area contributed by atoms with Crippen molar-refractivity contribution in [1.29, 1.82) is 0 Å². The normalized spacial score (nSPS) is 10.1. The maximum absolute atomic E-state index is 11.4. The first-order valence-electron chi connectivity index (χ1n) is 6.33. The molecule has 1 aromatic carbocycles. The summed E-state index contributed by atoms with van der Waals surface area (Å²) in [5, 5.41) is 0. The first-order valence-corrected chi connectivity index (χ1v) is 7.31. The first-order chi connectivity index (χ1) is 10.2. The quantitative estimate of drug-likeness (QED) is 0.622. The average molecular weight is 306 g/mol. The van der Waals surface area contributed by atoms with Crippen molar-refractivity contribution in [3.8, 4) is 5.75 Å². The molecule has 6 heteroatoms. The van der Waals surface area contributed by atoms with E-state index >= 15 is 0 Å². The standard InChI is InChI=1S/C15H14O5S/c1-2-18-15(17)20-12-9-19-14(16)8-13(12)21-10-11-6-4-3-5-7-11/h3-9H,2,10H2,1H3. The lowest BCUT2D eigenvalue weighted by Gasteiger charge is -2.08. The van der Waals surface area contributed by atoms with E-state index in [0.29, 0.717) is 10.6 Å². The second-order valence-electron chi connectivity index (χ2n) is 3.99. The van der Waals surface area contributed by atoms with Crippen molar-refractivity contribution in [2.75, 3.05) is 6.61 Å². The zero-order valence-electron chi connectivity index (χ0n) is 11.4. The number of hydrogen-bond donors (Lipinski definition) is 0. The SMILES string of the molecule is CCOC(=O)Oc1coc(=O)cc1SCc1ccccc1. The van der Waals surface area contributed by atoms with Gasteiger partial charge in [-0.2, -0.15) is 0 Å². The Balaban J connectivity index is 2.11. The van der Waals surface area contributed by atoms with Crippen molar-refractivity contribution in [2.24, 2.45) is 0 Å². The van der Waals surface area contributed by atoms with Crippen LogP contribution in [0.15, 0.2) is 56.8 Å². The lowest BCUT2D eigenvalue weighted by Crippen LogP contribution is -2.11. The van der Waals surface area contributed by atoms with Crippen LogP contribution in [0.5, 0.6) is 5.75 Å². The summed E-state index contributed by atoms with van der Waals surface area (Å²) in [7, 11) is 0. The van der Waals surface area contributed by atoms with E-state index in [0.717, 1.165) is 11.8 Å². The van der Waals surface area contributed by atoms with Gasteiger partial charge >= 0.3 is 11.8 Å². The van der Waals surface area contributed by atoms with Crippen molar-refractivity contribution in [3.63, 3.8) is 0 Å². The lowest BCUT2D eigenvalue weighted by molar-refractivity contribution is 0.102. The molecule has 0 saturated carbocycles. The monoisotopic (exact) mass is 306 g/mol. The zero-order chi connectivity index (χ0) is 15.1. The summed E-state index contributed by atoms with van der Waals surface area (Å²) in [6.07, 6.45) is 0.292. The number of hydrogen-bond acceptors (Lipinski definition) is 6. The minimum absolute atomic E-state index is 0.175. The van der Waals surface area contributed by atoms with Gasteiger partial charge in [0.2, 0.25) is 0 Å².